The van der Waals surface area contributed by atoms with Crippen molar-refractivity contribution in [1.29, 1.82) is 0 Å². The molecular weight excluding hydrogens is 927 g/mol. The number of hydrogen-bond donors (Lipinski definition) is 0. The fourth-order valence-electron chi connectivity index (χ4n) is 8.47. The number of anilines is 4. The van der Waals surface area contributed by atoms with E-state index in [4.69, 9.17) is 11.6 Å². The van der Waals surface area contributed by atoms with Crippen molar-refractivity contribution in [1.82, 2.24) is 9.15 Å². The van der Waals surface area contributed by atoms with Crippen LogP contribution in [-0.2, 0) is 0 Å². The van der Waals surface area contributed by atoms with E-state index in [1.54, 1.807) is 0 Å². The van der Waals surface area contributed by atoms with Crippen molar-refractivity contribution >= 4 is 57.0 Å². The first-order valence-corrected chi connectivity index (χ1v) is 23.2. The molecule has 23 heteroatoms. The molecule has 0 atom stereocenters. The molecule has 0 amide bonds. The smallest absolute Gasteiger partial charge is 1.00 e. The quantitative estimate of drug-likeness (QED) is 0.0923. The predicted octanol–water partition coefficient (Wildman–Crippen LogP) is 0.947. The molecular formula is C45H86B3ClF12LiN6+. The van der Waals surface area contributed by atoms with Crippen LogP contribution in [0.4, 0.5) is 61.6 Å². The Labute approximate surface area is 422 Å². The van der Waals surface area contributed by atoms with Crippen molar-refractivity contribution in [3.05, 3.63) is 27.9 Å². The summed E-state index contributed by atoms with van der Waals surface area (Å²) in [6.45, 7) is 54.1. The molecule has 0 aliphatic heterocycles. The Hall–Kier alpha value is -2.13. The Morgan fingerprint density at radius 2 is 0.632 bits per heavy atom. The Kier molecular flexibility index (Phi) is 44.3. The summed E-state index contributed by atoms with van der Waals surface area (Å²) >= 11 is 6.44. The Bertz CT molecular complexity index is 1570. The molecule has 0 aliphatic carbocycles. The zero-order valence-corrected chi connectivity index (χ0v) is 46.7. The summed E-state index contributed by atoms with van der Waals surface area (Å²) in [5, 5.41) is 3.65. The summed E-state index contributed by atoms with van der Waals surface area (Å²) in [5.74, 6) is 0. The van der Waals surface area contributed by atoms with Crippen LogP contribution in [0.15, 0.2) is 12.1 Å². The Balaban J connectivity index is -0.000000142. The second-order valence-electron chi connectivity index (χ2n) is 19.2. The molecule has 0 radical (unpaired) electrons. The first-order chi connectivity index (χ1) is 28.9. The maximum Gasteiger partial charge on any atom is 1.00 e. The van der Waals surface area contributed by atoms with E-state index in [1.165, 1.54) is 33.5 Å². The molecule has 6 nitrogen and oxygen atoms in total. The van der Waals surface area contributed by atoms with E-state index in [0.717, 1.165) is 5.02 Å². The normalized spacial score (nSPS) is 10.7. The van der Waals surface area contributed by atoms with Crippen LogP contribution < -0.4 is 72.4 Å². The van der Waals surface area contributed by atoms with E-state index in [0.29, 0.717) is 72.5 Å². The van der Waals surface area contributed by atoms with Crippen LogP contribution in [0, 0.1) is 0 Å². The molecule has 396 valence electrons. The number of rotatable bonds is 16. The minimum atomic E-state index is -3.67. The van der Waals surface area contributed by atoms with Crippen LogP contribution in [0.1, 0.15) is 166 Å². The molecule has 0 fully saturated rings. The molecule has 68 heavy (non-hydrogen) atoms. The molecule has 0 saturated carbocycles. The minimum Gasteiger partial charge on any atom is -1.00 e. The van der Waals surface area contributed by atoms with Gasteiger partial charge in [-0.05, 0) is 166 Å². The second-order valence-corrected chi connectivity index (χ2v) is 19.5. The maximum absolute atomic E-state index is 9.67. The third-order valence-corrected chi connectivity index (χ3v) is 10.1. The van der Waals surface area contributed by atoms with Gasteiger partial charge in [-0.25, -0.2) is 9.15 Å². The Morgan fingerprint density at radius 3 is 0.824 bits per heavy atom. The van der Waals surface area contributed by atoms with E-state index < -0.39 is 22.6 Å². The molecule has 0 N–H and O–H groups in total. The molecule has 0 bridgehead atoms. The van der Waals surface area contributed by atoms with Crippen LogP contribution in [0.25, 0.3) is 0 Å². The van der Waals surface area contributed by atoms with E-state index >= 15 is 0 Å². The SMILES string of the molecule is CC(C)N(c1[cH+]c1N(C(C)C)C(C)C)C(C)C.CC(C)N(c1c(Cl)c1=[N+](C(C)C)C(C)C)C(C)C.CC(C)N(c1cc1=[N+](C(C)C)C(C)C)C(C)C.FB(F)F.FB(F)F.FB(F)F.[F-].[F-].[F-].[Li+]. The summed E-state index contributed by atoms with van der Waals surface area (Å²) in [6.07, 6.45) is 0. The number of hydrogen-bond acceptors (Lipinski definition) is 4. The van der Waals surface area contributed by atoms with Crippen molar-refractivity contribution in [3.63, 3.8) is 0 Å². The summed E-state index contributed by atoms with van der Waals surface area (Å²) in [7, 11) is -11.0. The average Bonchev–Trinajstić information content (AvgIpc) is 4.01. The van der Waals surface area contributed by atoms with Crippen LogP contribution in [0.2, 0.25) is 5.02 Å². The van der Waals surface area contributed by atoms with Crippen molar-refractivity contribution in [2.45, 2.75) is 239 Å². The van der Waals surface area contributed by atoms with Gasteiger partial charge in [0.1, 0.15) is 40.6 Å². The monoisotopic (exact) mass is 1010 g/mol. The summed E-state index contributed by atoms with van der Waals surface area (Å²) < 4.78 is 91.9. The first-order valence-electron chi connectivity index (χ1n) is 22.9. The van der Waals surface area contributed by atoms with Gasteiger partial charge < -0.3 is 23.9 Å². The van der Waals surface area contributed by atoms with Crippen LogP contribution in [0.3, 0.4) is 0 Å². The molecule has 3 rings (SSSR count). The van der Waals surface area contributed by atoms with Crippen molar-refractivity contribution < 1.29 is 71.8 Å². The topological polar surface area (TPSA) is 19.0 Å². The zero-order valence-electron chi connectivity index (χ0n) is 45.9. The van der Waals surface area contributed by atoms with Gasteiger partial charge in [0.05, 0.1) is 0 Å². The van der Waals surface area contributed by atoms with Gasteiger partial charge in [-0.15, -0.1) is 0 Å². The molecule has 0 spiro atoms. The van der Waals surface area contributed by atoms with E-state index in [-0.39, 0.29) is 33.0 Å². The van der Waals surface area contributed by atoms with Crippen LogP contribution in [0.5, 0.6) is 0 Å². The molecule has 0 saturated heterocycles. The largest absolute Gasteiger partial charge is 1.00 e. The van der Waals surface area contributed by atoms with Crippen molar-refractivity contribution in [3.8, 4) is 0 Å². The van der Waals surface area contributed by atoms with Gasteiger partial charge in [0, 0.05) is 54.4 Å². The van der Waals surface area contributed by atoms with Crippen molar-refractivity contribution in [2.75, 3.05) is 19.6 Å². The number of halogens is 13. The molecule has 3 aromatic carbocycles. The van der Waals surface area contributed by atoms with Gasteiger partial charge in [0.2, 0.25) is 16.8 Å². The van der Waals surface area contributed by atoms with Gasteiger partial charge in [-0.2, -0.15) is 0 Å². The molecule has 0 heterocycles. The second kappa shape index (κ2) is 37.6. The van der Waals surface area contributed by atoms with Gasteiger partial charge in [-0.3, -0.25) is 48.6 Å². The molecule has 0 unspecified atom stereocenters. The third kappa shape index (κ3) is 29.9. The first kappa shape index (κ1) is 80.0. The predicted molar refractivity (Wildman–Crippen MR) is 265 cm³/mol. The third-order valence-electron chi connectivity index (χ3n) is 9.79. The maximum atomic E-state index is 9.67. The average molecular weight is 1010 g/mol. The fourth-order valence-corrected chi connectivity index (χ4v) is 8.79. The zero-order chi connectivity index (χ0) is 51.6. The molecule has 0 aromatic heterocycles. The minimum absolute atomic E-state index is 0. The van der Waals surface area contributed by atoms with Gasteiger partial charge in [-0.1, -0.05) is 11.6 Å². The summed E-state index contributed by atoms with van der Waals surface area (Å²) in [4.78, 5) is 9.93. The standard InChI is InChI=1S/C15H28ClN2.2C15H29N2.3BF3.3FH.Li/c1-9(2)17(10(3)4)14-13(16)15(14)18(11(5)6)12(7)8;2*1-10(2)16(11(3)4)14-9-15(14)17(12(5)6)13(7)8;3*2-1(3)4;;;;/h9-12H,1-8H3;2*9-13H,1-8H3;;;;3*1H;/q3*+1;;;;;;;+1/p-3. The fraction of sp³-hybridized carbons (Fsp3) is 0.800. The molecule has 3 aromatic rings. The van der Waals surface area contributed by atoms with Crippen LogP contribution >= 0.6 is 11.6 Å². The summed E-state index contributed by atoms with van der Waals surface area (Å²) in [6, 6.07) is 11.1. The van der Waals surface area contributed by atoms with Gasteiger partial charge >= 0.3 is 41.5 Å². The van der Waals surface area contributed by atoms with Crippen molar-refractivity contribution in [2.24, 2.45) is 0 Å². The molecule has 0 aliphatic rings. The summed E-state index contributed by atoms with van der Waals surface area (Å²) in [5.41, 5.74) is 5.58. The van der Waals surface area contributed by atoms with E-state index in [1.807, 2.05) is 0 Å². The number of nitrogens with zero attached hydrogens (tertiary/aromatic N) is 6. The van der Waals surface area contributed by atoms with Crippen LogP contribution in [-0.4, -0.2) is 95.1 Å². The Morgan fingerprint density at radius 1 is 0.412 bits per heavy atom. The van der Waals surface area contributed by atoms with Gasteiger partial charge in [0.15, 0.2) is 0 Å². The van der Waals surface area contributed by atoms with E-state index in [9.17, 15) is 38.8 Å². The van der Waals surface area contributed by atoms with Gasteiger partial charge in [0.25, 0.3) is 11.4 Å². The van der Waals surface area contributed by atoms with E-state index in [2.05, 4.69) is 207 Å².